The number of anilines is 1. The summed E-state index contributed by atoms with van der Waals surface area (Å²) in [7, 11) is 0. The number of hydrogen-bond acceptors (Lipinski definition) is 5. The van der Waals surface area contributed by atoms with Crippen molar-refractivity contribution in [2.45, 2.75) is 43.1 Å². The van der Waals surface area contributed by atoms with E-state index in [0.717, 1.165) is 31.2 Å². The largest absolute Gasteiger partial charge is 0.411 e. The van der Waals surface area contributed by atoms with Gasteiger partial charge in [-0.3, -0.25) is 4.79 Å². The van der Waals surface area contributed by atoms with Crippen LogP contribution in [0, 0.1) is 11.7 Å². The van der Waals surface area contributed by atoms with Gasteiger partial charge in [-0.05, 0) is 36.6 Å². The van der Waals surface area contributed by atoms with Crippen molar-refractivity contribution < 1.29 is 13.6 Å². The van der Waals surface area contributed by atoms with Crippen LogP contribution in [0.4, 0.5) is 10.1 Å². The maximum absolute atomic E-state index is 14.6. The highest BCUT2D eigenvalue weighted by atomic mass is 32.2. The van der Waals surface area contributed by atoms with Crippen molar-refractivity contribution in [2.24, 2.45) is 5.92 Å². The van der Waals surface area contributed by atoms with Crippen molar-refractivity contribution in [3.63, 3.8) is 0 Å². The summed E-state index contributed by atoms with van der Waals surface area (Å²) in [6.45, 7) is 0. The molecule has 1 N–H and O–H groups in total. The SMILES string of the molecule is O=C(Nc1ccc(-c2nnc(SCc3ccccc3)o2)c(F)c1)C1CCCCC1. The predicted molar refractivity (Wildman–Crippen MR) is 111 cm³/mol. The fraction of sp³-hybridized carbons (Fsp3) is 0.318. The second kappa shape index (κ2) is 9.22. The number of thioether (sulfide) groups is 1. The Balaban J connectivity index is 1.40. The van der Waals surface area contributed by atoms with Gasteiger partial charge in [0.15, 0.2) is 0 Å². The third kappa shape index (κ3) is 5.03. The molecule has 4 rings (SSSR count). The van der Waals surface area contributed by atoms with Gasteiger partial charge in [0.25, 0.3) is 11.1 Å². The van der Waals surface area contributed by atoms with Gasteiger partial charge in [0.05, 0.1) is 5.56 Å². The number of aromatic nitrogens is 2. The quantitative estimate of drug-likeness (QED) is 0.528. The lowest BCUT2D eigenvalue weighted by atomic mass is 9.88. The van der Waals surface area contributed by atoms with E-state index in [0.29, 0.717) is 16.7 Å². The van der Waals surface area contributed by atoms with Crippen LogP contribution in [0.5, 0.6) is 0 Å². The molecule has 0 atom stereocenters. The Kier molecular flexibility index (Phi) is 6.24. The highest BCUT2D eigenvalue weighted by Crippen LogP contribution is 2.29. The molecule has 0 bridgehead atoms. The third-order valence-electron chi connectivity index (χ3n) is 5.05. The normalized spacial score (nSPS) is 14.7. The van der Waals surface area contributed by atoms with Gasteiger partial charge >= 0.3 is 0 Å². The number of nitrogens with zero attached hydrogens (tertiary/aromatic N) is 2. The fourth-order valence-corrected chi connectivity index (χ4v) is 4.19. The lowest BCUT2D eigenvalue weighted by Gasteiger charge is -2.20. The van der Waals surface area contributed by atoms with Gasteiger partial charge in [-0.2, -0.15) is 0 Å². The molecule has 7 heteroatoms. The van der Waals surface area contributed by atoms with Crippen LogP contribution in [-0.2, 0) is 10.5 Å². The number of carbonyl (C=O) groups excluding carboxylic acids is 1. The van der Waals surface area contributed by atoms with Crippen LogP contribution in [0.25, 0.3) is 11.5 Å². The molecule has 1 saturated carbocycles. The summed E-state index contributed by atoms with van der Waals surface area (Å²) in [5.41, 5.74) is 1.81. The molecule has 1 amide bonds. The number of carbonyl (C=O) groups is 1. The molecular weight excluding hydrogens is 389 g/mol. The summed E-state index contributed by atoms with van der Waals surface area (Å²) in [5.74, 6) is 0.302. The van der Waals surface area contributed by atoms with Gasteiger partial charge < -0.3 is 9.73 Å². The van der Waals surface area contributed by atoms with Gasteiger partial charge in [-0.15, -0.1) is 10.2 Å². The Bertz CT molecular complexity index is 971. The first-order chi connectivity index (χ1) is 14.2. The van der Waals surface area contributed by atoms with Crippen LogP contribution >= 0.6 is 11.8 Å². The summed E-state index contributed by atoms with van der Waals surface area (Å²) < 4.78 is 20.2. The number of hydrogen-bond donors (Lipinski definition) is 1. The van der Waals surface area contributed by atoms with Crippen molar-refractivity contribution in [1.29, 1.82) is 0 Å². The van der Waals surface area contributed by atoms with E-state index in [1.54, 1.807) is 12.1 Å². The molecule has 0 saturated heterocycles. The van der Waals surface area contributed by atoms with Gasteiger partial charge in [0.1, 0.15) is 5.82 Å². The van der Waals surface area contributed by atoms with Gasteiger partial charge in [0.2, 0.25) is 5.91 Å². The topological polar surface area (TPSA) is 68.0 Å². The van der Waals surface area contributed by atoms with E-state index in [9.17, 15) is 9.18 Å². The van der Waals surface area contributed by atoms with Crippen molar-refractivity contribution >= 4 is 23.4 Å². The molecule has 0 spiro atoms. The Labute approximate surface area is 173 Å². The van der Waals surface area contributed by atoms with Crippen molar-refractivity contribution in [1.82, 2.24) is 10.2 Å². The van der Waals surface area contributed by atoms with E-state index >= 15 is 0 Å². The number of rotatable bonds is 6. The standard InChI is InChI=1S/C22H22FN3O2S/c23-19-13-17(24-20(27)16-9-5-2-6-10-16)11-12-18(19)21-25-26-22(28-21)29-14-15-7-3-1-4-8-15/h1,3-4,7-8,11-13,16H,2,5-6,9-10,14H2,(H,24,27). The average molecular weight is 412 g/mol. The van der Waals surface area contributed by atoms with E-state index in [1.165, 1.54) is 24.2 Å². The average Bonchev–Trinajstić information content (AvgIpc) is 3.22. The van der Waals surface area contributed by atoms with Gasteiger partial charge in [0, 0.05) is 17.4 Å². The monoisotopic (exact) mass is 411 g/mol. The number of benzene rings is 2. The maximum Gasteiger partial charge on any atom is 0.277 e. The molecule has 5 nitrogen and oxygen atoms in total. The minimum atomic E-state index is -0.505. The van der Waals surface area contributed by atoms with Crippen LogP contribution in [-0.4, -0.2) is 16.1 Å². The molecule has 0 unspecified atom stereocenters. The maximum atomic E-state index is 14.6. The van der Waals surface area contributed by atoms with Crippen molar-refractivity contribution in [3.05, 3.63) is 59.9 Å². The Hall–Kier alpha value is -2.67. The molecule has 2 aromatic carbocycles. The minimum absolute atomic E-state index is 0.0200. The van der Waals surface area contributed by atoms with E-state index in [1.807, 2.05) is 30.3 Å². The molecule has 1 fully saturated rings. The summed E-state index contributed by atoms with van der Waals surface area (Å²) >= 11 is 1.40. The Morgan fingerprint density at radius 1 is 1.10 bits per heavy atom. The van der Waals surface area contributed by atoms with Crippen LogP contribution in [0.3, 0.4) is 0 Å². The smallest absolute Gasteiger partial charge is 0.277 e. The Morgan fingerprint density at radius 3 is 2.66 bits per heavy atom. The second-order valence-electron chi connectivity index (χ2n) is 7.17. The molecule has 29 heavy (non-hydrogen) atoms. The molecule has 1 aliphatic carbocycles. The van der Waals surface area contributed by atoms with Crippen LogP contribution < -0.4 is 5.32 Å². The summed E-state index contributed by atoms with van der Waals surface area (Å²) in [6.07, 6.45) is 5.14. The first kappa shape index (κ1) is 19.6. The Morgan fingerprint density at radius 2 is 1.90 bits per heavy atom. The summed E-state index contributed by atoms with van der Waals surface area (Å²) in [6, 6.07) is 14.5. The summed E-state index contributed by atoms with van der Waals surface area (Å²) in [5, 5.41) is 11.2. The number of nitrogens with one attached hydrogen (secondary N) is 1. The number of halogens is 1. The van der Waals surface area contributed by atoms with E-state index in [2.05, 4.69) is 15.5 Å². The third-order valence-corrected chi connectivity index (χ3v) is 5.94. The molecule has 0 aliphatic heterocycles. The molecule has 3 aromatic rings. The molecule has 150 valence electrons. The molecule has 1 heterocycles. The zero-order valence-electron chi connectivity index (χ0n) is 15.9. The first-order valence-electron chi connectivity index (χ1n) is 9.80. The zero-order valence-corrected chi connectivity index (χ0v) is 16.8. The minimum Gasteiger partial charge on any atom is -0.411 e. The van der Waals surface area contributed by atoms with E-state index < -0.39 is 5.82 Å². The van der Waals surface area contributed by atoms with Crippen molar-refractivity contribution in [2.75, 3.05) is 5.32 Å². The van der Waals surface area contributed by atoms with Crippen LogP contribution in [0.15, 0.2) is 58.2 Å². The predicted octanol–water partition coefficient (Wildman–Crippen LogP) is 5.69. The van der Waals surface area contributed by atoms with Crippen molar-refractivity contribution in [3.8, 4) is 11.5 Å². The molecule has 0 radical (unpaired) electrons. The summed E-state index contributed by atoms with van der Waals surface area (Å²) in [4.78, 5) is 12.3. The molecular formula is C22H22FN3O2S. The van der Waals surface area contributed by atoms with E-state index in [4.69, 9.17) is 4.42 Å². The highest BCUT2D eigenvalue weighted by molar-refractivity contribution is 7.98. The second-order valence-corrected chi connectivity index (χ2v) is 8.09. The zero-order chi connectivity index (χ0) is 20.1. The lowest BCUT2D eigenvalue weighted by molar-refractivity contribution is -0.120. The highest BCUT2D eigenvalue weighted by Gasteiger charge is 2.21. The molecule has 1 aromatic heterocycles. The van der Waals surface area contributed by atoms with Crippen LogP contribution in [0.1, 0.15) is 37.7 Å². The molecule has 1 aliphatic rings. The van der Waals surface area contributed by atoms with E-state index in [-0.39, 0.29) is 23.3 Å². The number of amides is 1. The van der Waals surface area contributed by atoms with Gasteiger partial charge in [-0.25, -0.2) is 4.39 Å². The lowest BCUT2D eigenvalue weighted by Crippen LogP contribution is -2.24. The van der Waals surface area contributed by atoms with Crippen LogP contribution in [0.2, 0.25) is 0 Å². The fourth-order valence-electron chi connectivity index (χ4n) is 3.47. The van der Waals surface area contributed by atoms with Gasteiger partial charge in [-0.1, -0.05) is 61.4 Å². The first-order valence-corrected chi connectivity index (χ1v) is 10.8.